The Kier molecular flexibility index (Phi) is 6.17. The summed E-state index contributed by atoms with van der Waals surface area (Å²) in [5.41, 5.74) is 8.66. The lowest BCUT2D eigenvalue weighted by atomic mass is 10.1. The molecule has 0 saturated carbocycles. The van der Waals surface area contributed by atoms with E-state index in [0.29, 0.717) is 18.2 Å². The maximum absolute atomic E-state index is 12.0. The standard InChI is InChI=1S/C16H17IN2O3/c1-21-14-9-5-2-6-11(14)10-15(18)19-22-16(20)12-7-3-4-8-13(12)17/h2-9H,10,18-19H2,1H3. The normalized spacial score (nSPS) is 10.5. The molecule has 0 fully saturated rings. The van der Waals surface area contributed by atoms with E-state index in [2.05, 4.69) is 22.6 Å². The number of ether oxygens (including phenoxy) is 1. The van der Waals surface area contributed by atoms with Gasteiger partial charge in [-0.1, -0.05) is 36.8 Å². The molecule has 2 rings (SSSR count). The molecule has 0 amide bonds. The van der Waals surface area contributed by atoms with E-state index in [4.69, 9.17) is 15.3 Å². The summed E-state index contributed by atoms with van der Waals surface area (Å²) in [7, 11) is 1.61. The number of hydrogen-bond donors (Lipinski definition) is 2. The van der Waals surface area contributed by atoms with Crippen LogP contribution in [0.4, 0.5) is 0 Å². The monoisotopic (exact) mass is 412 g/mol. The number of carbonyl (C=O) groups excluding carboxylic acids is 1. The van der Waals surface area contributed by atoms with Gasteiger partial charge in [-0.05, 0) is 52.5 Å². The highest BCUT2D eigenvalue weighted by molar-refractivity contribution is 14.1. The van der Waals surface area contributed by atoms with Crippen LogP contribution in [-0.4, -0.2) is 13.1 Å². The van der Waals surface area contributed by atoms with Gasteiger partial charge in [0.25, 0.3) is 0 Å². The average molecular weight is 412 g/mol. The van der Waals surface area contributed by atoms with Crippen LogP contribution in [0.1, 0.15) is 15.9 Å². The molecule has 2 aromatic rings. The quantitative estimate of drug-likeness (QED) is 0.430. The molecule has 0 aliphatic heterocycles. The molecule has 0 atom stereocenters. The van der Waals surface area contributed by atoms with Crippen LogP contribution in [-0.2, 0) is 11.3 Å². The molecule has 6 heteroatoms. The van der Waals surface area contributed by atoms with Gasteiger partial charge in [0, 0.05) is 3.57 Å². The van der Waals surface area contributed by atoms with Crippen molar-refractivity contribution in [3.63, 3.8) is 0 Å². The molecule has 22 heavy (non-hydrogen) atoms. The summed E-state index contributed by atoms with van der Waals surface area (Å²) in [5, 5.41) is 0. The lowest BCUT2D eigenvalue weighted by Crippen LogP contribution is -2.88. The largest absolute Gasteiger partial charge is 0.497 e. The van der Waals surface area contributed by atoms with Gasteiger partial charge in [-0.15, -0.1) is 0 Å². The number of quaternary nitrogens is 1. The Balaban J connectivity index is 1.91. The number of benzene rings is 2. The maximum atomic E-state index is 12.0. The third-order valence-electron chi connectivity index (χ3n) is 3.00. The van der Waals surface area contributed by atoms with Crippen molar-refractivity contribution in [1.29, 1.82) is 0 Å². The van der Waals surface area contributed by atoms with Crippen molar-refractivity contribution < 1.29 is 19.8 Å². The van der Waals surface area contributed by atoms with Crippen molar-refractivity contribution in [2.45, 2.75) is 6.42 Å². The first-order valence-corrected chi connectivity index (χ1v) is 7.71. The van der Waals surface area contributed by atoms with E-state index < -0.39 is 5.97 Å². The predicted octanol–water partition coefficient (Wildman–Crippen LogP) is 1.63. The second-order valence-corrected chi connectivity index (χ2v) is 5.73. The van der Waals surface area contributed by atoms with Crippen LogP contribution < -0.4 is 16.0 Å². The van der Waals surface area contributed by atoms with Crippen molar-refractivity contribution in [2.75, 3.05) is 7.11 Å². The fourth-order valence-electron chi connectivity index (χ4n) is 1.93. The number of para-hydroxylation sites is 1. The number of hydrogen-bond acceptors (Lipinski definition) is 4. The van der Waals surface area contributed by atoms with E-state index in [0.717, 1.165) is 14.9 Å². The van der Waals surface area contributed by atoms with Crippen molar-refractivity contribution >= 4 is 28.6 Å². The lowest BCUT2D eigenvalue weighted by Gasteiger charge is -2.21. The Morgan fingerprint density at radius 3 is 2.64 bits per heavy atom. The molecule has 4 N–H and O–H groups in total. The summed E-state index contributed by atoms with van der Waals surface area (Å²) in [6.45, 7) is 0. The molecular formula is C16H17IN2O3. The molecule has 2 aromatic carbocycles. The van der Waals surface area contributed by atoms with Crippen molar-refractivity contribution in [2.24, 2.45) is 5.73 Å². The third-order valence-corrected chi connectivity index (χ3v) is 3.94. The molecule has 0 spiro atoms. The highest BCUT2D eigenvalue weighted by Crippen LogP contribution is 2.18. The molecule has 0 aliphatic rings. The molecule has 0 saturated heterocycles. The summed E-state index contributed by atoms with van der Waals surface area (Å²) in [6.07, 6.45) is 0.896. The van der Waals surface area contributed by atoms with Gasteiger partial charge in [0.15, 0.2) is 0 Å². The van der Waals surface area contributed by atoms with Crippen molar-refractivity contribution in [3.8, 4) is 5.75 Å². The molecule has 0 radical (unpaired) electrons. The Bertz CT molecular complexity index is 649. The second-order valence-electron chi connectivity index (χ2n) is 4.57. The van der Waals surface area contributed by atoms with Crippen molar-refractivity contribution in [3.05, 3.63) is 69.4 Å². The Morgan fingerprint density at radius 1 is 1.23 bits per heavy atom. The first kappa shape index (κ1) is 16.7. The van der Waals surface area contributed by atoms with Gasteiger partial charge in [-0.2, -0.15) is 0 Å². The summed E-state index contributed by atoms with van der Waals surface area (Å²) in [4.78, 5) is 17.1. The Hall–Kier alpha value is -1.64. The van der Waals surface area contributed by atoms with Gasteiger partial charge in [0.1, 0.15) is 5.75 Å². The van der Waals surface area contributed by atoms with Gasteiger partial charge >= 0.3 is 5.97 Å². The van der Waals surface area contributed by atoms with Crippen molar-refractivity contribution in [1.82, 2.24) is 0 Å². The van der Waals surface area contributed by atoms with Crippen LogP contribution in [0.15, 0.2) is 48.5 Å². The summed E-state index contributed by atoms with van der Waals surface area (Å²) in [6, 6.07) is 14.8. The number of methoxy groups -OCH3 is 1. The maximum Gasteiger partial charge on any atom is 0.394 e. The molecular weight excluding hydrogens is 395 g/mol. The van der Waals surface area contributed by atoms with Gasteiger partial charge < -0.3 is 15.3 Å². The number of nitrogens with two attached hydrogens (primary N) is 2. The van der Waals surface area contributed by atoms with E-state index in [1.54, 1.807) is 19.2 Å². The Labute approximate surface area is 142 Å². The fourth-order valence-corrected chi connectivity index (χ4v) is 2.54. The summed E-state index contributed by atoms with van der Waals surface area (Å²) in [5.74, 6) is 0.329. The van der Waals surface area contributed by atoms with Gasteiger partial charge in [-0.25, -0.2) is 4.79 Å². The van der Waals surface area contributed by atoms with Crippen LogP contribution in [0.5, 0.6) is 5.75 Å². The zero-order valence-electron chi connectivity index (χ0n) is 12.1. The van der Waals surface area contributed by atoms with Gasteiger partial charge in [0.2, 0.25) is 0 Å². The molecule has 0 aromatic heterocycles. The fraction of sp³-hybridized carbons (Fsp3) is 0.125. The summed E-state index contributed by atoms with van der Waals surface area (Å²) < 4.78 is 6.10. The van der Waals surface area contributed by atoms with Crippen LogP contribution in [0.25, 0.3) is 0 Å². The van der Waals surface area contributed by atoms with E-state index in [9.17, 15) is 4.79 Å². The minimum Gasteiger partial charge on any atom is -0.497 e. The first-order chi connectivity index (χ1) is 10.6. The topological polar surface area (TPSA) is 78.2 Å². The number of halogens is 1. The van der Waals surface area contributed by atoms with E-state index in [-0.39, 0.29) is 0 Å². The molecule has 0 unspecified atom stereocenters. The minimum atomic E-state index is -0.423. The van der Waals surface area contributed by atoms with Crippen LogP contribution in [0, 0.1) is 9.74 Å². The number of hydroxylamine groups is 1. The molecule has 5 nitrogen and oxygen atoms in total. The molecule has 0 heterocycles. The van der Waals surface area contributed by atoms with E-state index >= 15 is 0 Å². The number of rotatable bonds is 6. The van der Waals surface area contributed by atoms with Crippen LogP contribution >= 0.6 is 22.6 Å². The highest BCUT2D eigenvalue weighted by Gasteiger charge is 2.13. The molecule has 0 aliphatic carbocycles. The summed E-state index contributed by atoms with van der Waals surface area (Å²) >= 11 is 2.09. The van der Waals surface area contributed by atoms with Crippen LogP contribution in [0.3, 0.4) is 0 Å². The van der Waals surface area contributed by atoms with Gasteiger partial charge in [-0.3, -0.25) is 5.48 Å². The highest BCUT2D eigenvalue weighted by atomic mass is 127. The average Bonchev–Trinajstić information content (AvgIpc) is 2.53. The smallest absolute Gasteiger partial charge is 0.394 e. The predicted molar refractivity (Wildman–Crippen MR) is 90.6 cm³/mol. The van der Waals surface area contributed by atoms with Gasteiger partial charge in [0.05, 0.1) is 12.7 Å². The minimum absolute atomic E-state index is 0.423. The molecule has 116 valence electrons. The zero-order chi connectivity index (χ0) is 15.9. The Morgan fingerprint density at radius 2 is 1.91 bits per heavy atom. The lowest BCUT2D eigenvalue weighted by molar-refractivity contribution is -0.860. The van der Waals surface area contributed by atoms with E-state index in [1.165, 1.54) is 5.48 Å². The first-order valence-electron chi connectivity index (χ1n) is 6.63. The third kappa shape index (κ3) is 4.43. The number of carbonyl (C=O) groups is 1. The zero-order valence-corrected chi connectivity index (χ0v) is 14.2. The molecule has 0 bridgehead atoms. The SMILES string of the molecule is COc1ccccc1C[C-](N)[NH2+]OC(=O)c1ccccc1I. The van der Waals surface area contributed by atoms with E-state index in [1.807, 2.05) is 36.4 Å². The van der Waals surface area contributed by atoms with Crippen LogP contribution in [0.2, 0.25) is 0 Å². The second kappa shape index (κ2) is 8.11.